The second-order valence-corrected chi connectivity index (χ2v) is 7.69. The maximum absolute atomic E-state index is 5.71. The molecule has 0 saturated heterocycles. The van der Waals surface area contributed by atoms with Gasteiger partial charge in [-0.3, -0.25) is 9.47 Å². The van der Waals surface area contributed by atoms with E-state index in [1.54, 1.807) is 12.5 Å². The molecule has 4 rings (SSSR count). The van der Waals surface area contributed by atoms with Crippen LogP contribution in [0.2, 0.25) is 0 Å². The van der Waals surface area contributed by atoms with E-state index in [-0.39, 0.29) is 6.04 Å². The number of ether oxygens (including phenoxy) is 2. The summed E-state index contributed by atoms with van der Waals surface area (Å²) in [5.74, 6) is 3.27. The molecule has 1 unspecified atom stereocenters. The molecule has 0 saturated carbocycles. The van der Waals surface area contributed by atoms with Gasteiger partial charge in [0, 0.05) is 44.1 Å². The second-order valence-electron chi connectivity index (χ2n) is 7.69. The fourth-order valence-corrected chi connectivity index (χ4v) is 3.66. The molecule has 3 heterocycles. The lowest BCUT2D eigenvalue weighted by atomic mass is 10.1. The molecule has 3 aromatic rings. The van der Waals surface area contributed by atoms with E-state index in [4.69, 9.17) is 9.47 Å². The molecule has 0 amide bonds. The fraction of sp³-hybridized carbons (Fsp3) is 0.435. The summed E-state index contributed by atoms with van der Waals surface area (Å²) in [7, 11) is 0. The van der Waals surface area contributed by atoms with E-state index in [0.717, 1.165) is 55.0 Å². The van der Waals surface area contributed by atoms with Gasteiger partial charge >= 0.3 is 0 Å². The Balaban J connectivity index is 1.32. The van der Waals surface area contributed by atoms with E-state index in [1.165, 1.54) is 5.56 Å². The van der Waals surface area contributed by atoms with Crippen LogP contribution in [0.1, 0.15) is 37.0 Å². The Morgan fingerprint density at radius 3 is 2.77 bits per heavy atom. The third-order valence-corrected chi connectivity index (χ3v) is 5.40. The molecule has 0 bridgehead atoms. The molecule has 164 valence electrons. The van der Waals surface area contributed by atoms with Gasteiger partial charge in [0.25, 0.3) is 0 Å². The first kappa shape index (κ1) is 21.3. The van der Waals surface area contributed by atoms with Crippen LogP contribution in [-0.4, -0.2) is 57.3 Å². The largest absolute Gasteiger partial charge is 0.486 e. The fourth-order valence-electron chi connectivity index (χ4n) is 3.66. The molecular formula is C23H30N6O2. The summed E-state index contributed by atoms with van der Waals surface area (Å²) >= 11 is 0. The van der Waals surface area contributed by atoms with E-state index >= 15 is 0 Å². The van der Waals surface area contributed by atoms with Crippen molar-refractivity contribution < 1.29 is 9.47 Å². The summed E-state index contributed by atoms with van der Waals surface area (Å²) in [5.41, 5.74) is 2.21. The van der Waals surface area contributed by atoms with E-state index in [0.29, 0.717) is 13.2 Å². The molecular weight excluding hydrogens is 392 g/mol. The first-order valence-corrected chi connectivity index (χ1v) is 10.8. The van der Waals surface area contributed by atoms with Gasteiger partial charge in [0.15, 0.2) is 11.5 Å². The van der Waals surface area contributed by atoms with Gasteiger partial charge < -0.3 is 14.8 Å². The molecule has 8 heteroatoms. The highest BCUT2D eigenvalue weighted by Crippen LogP contribution is 2.31. The van der Waals surface area contributed by atoms with Gasteiger partial charge in [-0.15, -0.1) is 0 Å². The van der Waals surface area contributed by atoms with Crippen LogP contribution < -0.4 is 14.8 Å². The van der Waals surface area contributed by atoms with Gasteiger partial charge in [0.05, 0.1) is 5.69 Å². The summed E-state index contributed by atoms with van der Waals surface area (Å²) in [6, 6.07) is 8.35. The number of likely N-dealkylation sites (N-methyl/N-ethyl adjacent to an activating group) is 1. The lowest BCUT2D eigenvalue weighted by Gasteiger charge is -2.24. The Hall–Kier alpha value is -2.97. The number of nitrogens with zero attached hydrogens (tertiary/aromatic N) is 5. The smallest absolute Gasteiger partial charge is 0.161 e. The molecule has 1 aliphatic rings. The minimum Gasteiger partial charge on any atom is -0.486 e. The zero-order valence-electron chi connectivity index (χ0n) is 18.4. The van der Waals surface area contributed by atoms with Crippen LogP contribution in [0.25, 0.3) is 5.82 Å². The lowest BCUT2D eigenvalue weighted by Crippen LogP contribution is -2.33. The van der Waals surface area contributed by atoms with E-state index in [1.807, 2.05) is 29.8 Å². The minimum absolute atomic E-state index is 0.122. The average Bonchev–Trinajstić information content (AvgIpc) is 3.33. The van der Waals surface area contributed by atoms with Crippen molar-refractivity contribution in [2.45, 2.75) is 33.4 Å². The Morgan fingerprint density at radius 1 is 1.16 bits per heavy atom. The highest BCUT2D eigenvalue weighted by Gasteiger charge is 2.14. The van der Waals surface area contributed by atoms with E-state index in [9.17, 15) is 0 Å². The van der Waals surface area contributed by atoms with Gasteiger partial charge in [0.1, 0.15) is 31.2 Å². The van der Waals surface area contributed by atoms with Crippen molar-refractivity contribution in [3.05, 3.63) is 60.1 Å². The number of aryl methyl sites for hydroxylation is 1. The molecule has 1 aliphatic heterocycles. The molecule has 2 aromatic heterocycles. The van der Waals surface area contributed by atoms with Crippen molar-refractivity contribution in [1.82, 2.24) is 29.7 Å². The van der Waals surface area contributed by atoms with Crippen molar-refractivity contribution in [2.75, 3.05) is 32.8 Å². The third kappa shape index (κ3) is 5.39. The number of aromatic nitrogens is 4. The average molecular weight is 423 g/mol. The number of fused-ring (bicyclic) bond motifs is 1. The van der Waals surface area contributed by atoms with Gasteiger partial charge in [-0.25, -0.2) is 15.0 Å². The summed E-state index contributed by atoms with van der Waals surface area (Å²) in [6.07, 6.45) is 5.39. The van der Waals surface area contributed by atoms with Crippen molar-refractivity contribution in [1.29, 1.82) is 0 Å². The Labute approximate surface area is 183 Å². The minimum atomic E-state index is 0.122. The SMILES string of the molecule is CCN(CCNC(C)c1cc(-n2ccnc2)nc(C)n1)Cc1ccc2c(c1)OCCO2. The zero-order chi connectivity index (χ0) is 21.6. The van der Waals surface area contributed by atoms with Crippen molar-refractivity contribution >= 4 is 0 Å². The van der Waals surface area contributed by atoms with Gasteiger partial charge in [-0.1, -0.05) is 13.0 Å². The molecule has 8 nitrogen and oxygen atoms in total. The highest BCUT2D eigenvalue weighted by atomic mass is 16.6. The Morgan fingerprint density at radius 2 is 2.00 bits per heavy atom. The molecule has 1 atom stereocenters. The van der Waals surface area contributed by atoms with Gasteiger partial charge in [-0.2, -0.15) is 0 Å². The van der Waals surface area contributed by atoms with E-state index < -0.39 is 0 Å². The number of hydrogen-bond acceptors (Lipinski definition) is 7. The number of rotatable bonds is 9. The Bertz CT molecular complexity index is 992. The number of hydrogen-bond donors (Lipinski definition) is 1. The first-order chi connectivity index (χ1) is 15.1. The van der Waals surface area contributed by atoms with Crippen LogP contribution in [0, 0.1) is 6.92 Å². The predicted molar refractivity (Wildman–Crippen MR) is 119 cm³/mol. The van der Waals surface area contributed by atoms with Crippen LogP contribution in [0.15, 0.2) is 43.0 Å². The van der Waals surface area contributed by atoms with Crippen molar-refractivity contribution in [3.8, 4) is 17.3 Å². The Kier molecular flexibility index (Phi) is 6.79. The van der Waals surface area contributed by atoms with Crippen LogP contribution in [0.5, 0.6) is 11.5 Å². The third-order valence-electron chi connectivity index (χ3n) is 5.40. The standard InChI is InChI=1S/C23H30N6O2/c1-4-28(15-19-5-6-21-22(13-19)31-12-11-30-21)9-8-25-17(2)20-14-23(27-18(3)26-20)29-10-7-24-16-29/h5-7,10,13-14,16-17,25H,4,8-9,11-12,15H2,1-3H3. The predicted octanol–water partition coefficient (Wildman–Crippen LogP) is 2.91. The molecule has 1 aromatic carbocycles. The molecule has 1 N–H and O–H groups in total. The highest BCUT2D eigenvalue weighted by molar-refractivity contribution is 5.43. The summed E-state index contributed by atoms with van der Waals surface area (Å²) in [4.78, 5) is 15.7. The maximum Gasteiger partial charge on any atom is 0.161 e. The topological polar surface area (TPSA) is 77.3 Å². The first-order valence-electron chi connectivity index (χ1n) is 10.8. The molecule has 0 spiro atoms. The van der Waals surface area contributed by atoms with Crippen LogP contribution in [-0.2, 0) is 6.54 Å². The van der Waals surface area contributed by atoms with Crippen molar-refractivity contribution in [3.63, 3.8) is 0 Å². The monoisotopic (exact) mass is 422 g/mol. The summed E-state index contributed by atoms with van der Waals surface area (Å²) in [5, 5.41) is 3.60. The molecule has 0 fully saturated rings. The number of benzene rings is 1. The van der Waals surface area contributed by atoms with E-state index in [2.05, 4.69) is 51.1 Å². The normalized spacial score (nSPS) is 14.1. The zero-order valence-corrected chi connectivity index (χ0v) is 18.4. The second kappa shape index (κ2) is 9.89. The van der Waals surface area contributed by atoms with Gasteiger partial charge in [0.2, 0.25) is 0 Å². The summed E-state index contributed by atoms with van der Waals surface area (Å²) < 4.78 is 13.2. The summed E-state index contributed by atoms with van der Waals surface area (Å²) in [6.45, 7) is 11.1. The maximum atomic E-state index is 5.71. The van der Waals surface area contributed by atoms with Crippen LogP contribution in [0.4, 0.5) is 0 Å². The number of imidazole rings is 1. The molecule has 31 heavy (non-hydrogen) atoms. The molecule has 0 radical (unpaired) electrons. The number of nitrogens with one attached hydrogen (secondary N) is 1. The van der Waals surface area contributed by atoms with Gasteiger partial charge in [-0.05, 0) is 38.1 Å². The van der Waals surface area contributed by atoms with Crippen LogP contribution in [0.3, 0.4) is 0 Å². The quantitative estimate of drug-likeness (QED) is 0.568. The van der Waals surface area contributed by atoms with Crippen LogP contribution >= 0.6 is 0 Å². The molecule has 0 aliphatic carbocycles. The lowest BCUT2D eigenvalue weighted by molar-refractivity contribution is 0.171. The van der Waals surface area contributed by atoms with Crippen molar-refractivity contribution in [2.24, 2.45) is 0 Å².